The number of halogens is 1. The average molecular weight is 339 g/mol. The number of hydrogen-bond acceptors (Lipinski definition) is 1. The number of nitrogens with zero attached hydrogens (tertiary/aromatic N) is 1. The molecule has 1 aliphatic heterocycles. The number of aryl methyl sites for hydroxylation is 2. The molecule has 3 aromatic rings. The molecule has 122 valence electrons. The molecule has 1 aliphatic rings. The molecule has 1 N–H and O–H groups in total. The van der Waals surface area contributed by atoms with Gasteiger partial charge in [-0.1, -0.05) is 29.8 Å². The molecule has 0 aliphatic carbocycles. The third kappa shape index (κ3) is 2.59. The van der Waals surface area contributed by atoms with E-state index in [0.717, 1.165) is 52.1 Å². The molecule has 2 heterocycles. The van der Waals surface area contributed by atoms with E-state index in [4.69, 9.17) is 11.6 Å². The van der Waals surface area contributed by atoms with Crippen molar-refractivity contribution in [2.24, 2.45) is 0 Å². The number of aromatic nitrogens is 1. The van der Waals surface area contributed by atoms with Gasteiger partial charge in [-0.25, -0.2) is 0 Å². The molecule has 0 unspecified atom stereocenters. The van der Waals surface area contributed by atoms with Crippen LogP contribution in [0.2, 0.25) is 5.02 Å². The first-order chi connectivity index (χ1) is 11.6. The van der Waals surface area contributed by atoms with Gasteiger partial charge in [0.05, 0.1) is 6.42 Å². The third-order valence-corrected chi connectivity index (χ3v) is 4.98. The van der Waals surface area contributed by atoms with Crippen LogP contribution in [0.15, 0.2) is 42.6 Å². The number of hydrogen-bond donors (Lipinski definition) is 1. The summed E-state index contributed by atoms with van der Waals surface area (Å²) in [5.74, 6) is 0.145. The molecule has 0 spiro atoms. The molecule has 0 atom stereocenters. The van der Waals surface area contributed by atoms with E-state index in [0.29, 0.717) is 6.42 Å². The maximum atomic E-state index is 13.0. The number of nitrogens with one attached hydrogen (secondary N) is 1. The van der Waals surface area contributed by atoms with E-state index in [-0.39, 0.29) is 5.91 Å². The molecule has 4 rings (SSSR count). The highest BCUT2D eigenvalue weighted by atomic mass is 35.5. The lowest BCUT2D eigenvalue weighted by atomic mass is 9.97. The number of fused-ring (bicyclic) bond motifs is 2. The van der Waals surface area contributed by atoms with Crippen LogP contribution in [-0.4, -0.2) is 17.4 Å². The monoisotopic (exact) mass is 338 g/mol. The number of carbonyl (C=O) groups excluding carboxylic acids is 1. The Morgan fingerprint density at radius 2 is 2.12 bits per heavy atom. The summed E-state index contributed by atoms with van der Waals surface area (Å²) in [7, 11) is 0. The van der Waals surface area contributed by atoms with Crippen molar-refractivity contribution in [1.29, 1.82) is 0 Å². The van der Waals surface area contributed by atoms with Gasteiger partial charge < -0.3 is 9.88 Å². The van der Waals surface area contributed by atoms with E-state index in [1.807, 2.05) is 48.4 Å². The van der Waals surface area contributed by atoms with Crippen LogP contribution in [0.3, 0.4) is 0 Å². The van der Waals surface area contributed by atoms with Crippen molar-refractivity contribution in [1.82, 2.24) is 4.98 Å². The largest absolute Gasteiger partial charge is 0.361 e. The Hall–Kier alpha value is -2.26. The van der Waals surface area contributed by atoms with Crippen molar-refractivity contribution in [2.45, 2.75) is 26.2 Å². The normalized spacial score (nSPS) is 14.0. The molecule has 0 saturated carbocycles. The van der Waals surface area contributed by atoms with E-state index in [2.05, 4.69) is 11.1 Å². The summed E-state index contributed by atoms with van der Waals surface area (Å²) >= 11 is 6.18. The number of H-pyrrole nitrogens is 1. The average Bonchev–Trinajstić information content (AvgIpc) is 2.97. The minimum absolute atomic E-state index is 0.145. The molecule has 0 saturated heterocycles. The van der Waals surface area contributed by atoms with Gasteiger partial charge in [-0.2, -0.15) is 0 Å². The van der Waals surface area contributed by atoms with Gasteiger partial charge in [-0.05, 0) is 54.7 Å². The summed E-state index contributed by atoms with van der Waals surface area (Å²) in [6, 6.07) is 12.0. The fourth-order valence-electron chi connectivity index (χ4n) is 3.71. The van der Waals surface area contributed by atoms with Crippen molar-refractivity contribution in [3.05, 3.63) is 64.3 Å². The van der Waals surface area contributed by atoms with Crippen molar-refractivity contribution in [3.8, 4) is 0 Å². The molecule has 1 amide bonds. The minimum Gasteiger partial charge on any atom is -0.361 e. The Morgan fingerprint density at radius 3 is 3.00 bits per heavy atom. The second kappa shape index (κ2) is 5.99. The van der Waals surface area contributed by atoms with Crippen molar-refractivity contribution in [2.75, 3.05) is 11.4 Å². The van der Waals surface area contributed by atoms with Gasteiger partial charge >= 0.3 is 0 Å². The number of amides is 1. The summed E-state index contributed by atoms with van der Waals surface area (Å²) < 4.78 is 0. The van der Waals surface area contributed by atoms with E-state index in [1.54, 1.807) is 0 Å². The second-order valence-corrected chi connectivity index (χ2v) is 6.85. The van der Waals surface area contributed by atoms with Crippen LogP contribution in [0.25, 0.3) is 10.9 Å². The summed E-state index contributed by atoms with van der Waals surface area (Å²) in [5, 5.41) is 1.87. The van der Waals surface area contributed by atoms with Gasteiger partial charge in [0.1, 0.15) is 0 Å². The van der Waals surface area contributed by atoms with Gasteiger partial charge in [0.15, 0.2) is 0 Å². The van der Waals surface area contributed by atoms with E-state index < -0.39 is 0 Å². The smallest absolute Gasteiger partial charge is 0.231 e. The number of benzene rings is 2. The van der Waals surface area contributed by atoms with Crippen LogP contribution in [0.5, 0.6) is 0 Å². The highest BCUT2D eigenvalue weighted by Gasteiger charge is 2.25. The molecular weight excluding hydrogens is 320 g/mol. The summed E-state index contributed by atoms with van der Waals surface area (Å²) in [4.78, 5) is 18.2. The molecule has 24 heavy (non-hydrogen) atoms. The lowest BCUT2D eigenvalue weighted by molar-refractivity contribution is -0.118. The standard InChI is InChI=1S/C20H19ClN2O/c1-13-9-16(21)10-14-5-4-8-23(20(13)14)19(24)11-15-12-22-18-7-3-2-6-17(15)18/h2-3,6-7,9-10,12,22H,4-5,8,11H2,1H3. The summed E-state index contributed by atoms with van der Waals surface area (Å²) in [6.45, 7) is 2.80. The van der Waals surface area contributed by atoms with Crippen LogP contribution in [0, 0.1) is 6.92 Å². The predicted molar refractivity (Wildman–Crippen MR) is 98.9 cm³/mol. The van der Waals surface area contributed by atoms with Crippen molar-refractivity contribution in [3.63, 3.8) is 0 Å². The molecule has 0 bridgehead atoms. The topological polar surface area (TPSA) is 36.1 Å². The molecule has 0 fully saturated rings. The second-order valence-electron chi connectivity index (χ2n) is 6.42. The number of carbonyl (C=O) groups is 1. The van der Waals surface area contributed by atoms with Crippen LogP contribution in [-0.2, 0) is 17.6 Å². The van der Waals surface area contributed by atoms with Crippen molar-refractivity contribution >= 4 is 34.1 Å². The van der Waals surface area contributed by atoms with Gasteiger partial charge in [0.25, 0.3) is 0 Å². The van der Waals surface area contributed by atoms with Gasteiger partial charge in [-0.15, -0.1) is 0 Å². The first-order valence-electron chi connectivity index (χ1n) is 8.28. The highest BCUT2D eigenvalue weighted by molar-refractivity contribution is 6.30. The van der Waals surface area contributed by atoms with Crippen LogP contribution in [0.1, 0.15) is 23.1 Å². The van der Waals surface area contributed by atoms with E-state index in [9.17, 15) is 4.79 Å². The Labute approximate surface area is 146 Å². The zero-order valence-electron chi connectivity index (χ0n) is 13.6. The van der Waals surface area contributed by atoms with E-state index >= 15 is 0 Å². The van der Waals surface area contributed by atoms with Crippen LogP contribution in [0.4, 0.5) is 5.69 Å². The van der Waals surface area contributed by atoms with Gasteiger partial charge in [0, 0.05) is 34.4 Å². The molecule has 4 heteroatoms. The highest BCUT2D eigenvalue weighted by Crippen LogP contribution is 2.34. The van der Waals surface area contributed by atoms with Crippen LogP contribution >= 0.6 is 11.6 Å². The summed E-state index contributed by atoms with van der Waals surface area (Å²) in [6.07, 6.45) is 4.31. The molecule has 3 nitrogen and oxygen atoms in total. The Morgan fingerprint density at radius 1 is 1.29 bits per heavy atom. The zero-order chi connectivity index (χ0) is 16.7. The maximum absolute atomic E-state index is 13.0. The zero-order valence-corrected chi connectivity index (χ0v) is 14.4. The van der Waals surface area contributed by atoms with Gasteiger partial charge in [0.2, 0.25) is 5.91 Å². The van der Waals surface area contributed by atoms with E-state index in [1.165, 1.54) is 5.56 Å². The number of anilines is 1. The first-order valence-corrected chi connectivity index (χ1v) is 8.65. The first kappa shape index (κ1) is 15.3. The maximum Gasteiger partial charge on any atom is 0.231 e. The number of rotatable bonds is 2. The predicted octanol–water partition coefficient (Wildman–Crippen LogP) is 4.65. The number of para-hydroxylation sites is 1. The molecule has 2 aromatic carbocycles. The lowest BCUT2D eigenvalue weighted by Gasteiger charge is -2.31. The fourth-order valence-corrected chi connectivity index (χ4v) is 4.00. The fraction of sp³-hybridized carbons (Fsp3) is 0.250. The Bertz CT molecular complexity index is 929. The summed E-state index contributed by atoms with van der Waals surface area (Å²) in [5.41, 5.74) is 5.43. The third-order valence-electron chi connectivity index (χ3n) is 4.76. The van der Waals surface area contributed by atoms with Crippen molar-refractivity contribution < 1.29 is 4.79 Å². The molecule has 1 aromatic heterocycles. The Balaban J connectivity index is 1.67. The SMILES string of the molecule is Cc1cc(Cl)cc2c1N(C(=O)Cc1c[nH]c3ccccc13)CCC2. The minimum atomic E-state index is 0.145. The molecule has 0 radical (unpaired) electrons. The number of aromatic amines is 1. The van der Waals surface area contributed by atoms with Crippen LogP contribution < -0.4 is 4.90 Å². The quantitative estimate of drug-likeness (QED) is 0.725. The lowest BCUT2D eigenvalue weighted by Crippen LogP contribution is -2.37. The van der Waals surface area contributed by atoms with Gasteiger partial charge in [-0.3, -0.25) is 4.79 Å². The molecular formula is C20H19ClN2O. The Kier molecular flexibility index (Phi) is 3.81.